The van der Waals surface area contributed by atoms with E-state index in [2.05, 4.69) is 45.9 Å². The van der Waals surface area contributed by atoms with Crippen LogP contribution in [0.5, 0.6) is 0 Å². The topological polar surface area (TPSA) is 6.48 Å². The quantitative estimate of drug-likeness (QED) is 0.567. The van der Waals surface area contributed by atoms with Crippen molar-refractivity contribution in [2.75, 3.05) is 0 Å². The van der Waals surface area contributed by atoms with E-state index in [4.69, 9.17) is 20.1 Å². The van der Waals surface area contributed by atoms with Crippen molar-refractivity contribution in [3.8, 4) is 0 Å². The third-order valence-electron chi connectivity index (χ3n) is 2.28. The molecule has 1 fully saturated rings. The van der Waals surface area contributed by atoms with Gasteiger partial charge in [0.2, 0.25) is 0 Å². The highest BCUT2D eigenvalue weighted by molar-refractivity contribution is 7.68. The number of hydrogen-bond acceptors (Lipinski definition) is 2. The summed E-state index contributed by atoms with van der Waals surface area (Å²) in [5, 5.41) is 0. The van der Waals surface area contributed by atoms with E-state index in [0.717, 1.165) is 8.88 Å². The molecule has 0 aromatic heterocycles. The van der Waals surface area contributed by atoms with Gasteiger partial charge in [0.1, 0.15) is 0 Å². The average Bonchev–Trinajstić information content (AvgIpc) is 1.77. The van der Waals surface area contributed by atoms with Gasteiger partial charge in [-0.3, -0.25) is 0 Å². The third-order valence-corrected chi connectivity index (χ3v) is 27.6. The molecule has 1 aliphatic rings. The molecule has 0 N–H and O–H groups in total. The maximum atomic E-state index is 6.57. The normalized spacial score (nSPS) is 24.9. The van der Waals surface area contributed by atoms with Gasteiger partial charge in [-0.25, -0.2) is 0 Å². The second kappa shape index (κ2) is 3.98. The number of nitrogens with zero attached hydrogens (tertiary/aromatic N) is 2. The summed E-state index contributed by atoms with van der Waals surface area (Å²) < 4.78 is 4.89. The van der Waals surface area contributed by atoms with Crippen molar-refractivity contribution < 1.29 is 0 Å². The van der Waals surface area contributed by atoms with E-state index in [1.165, 1.54) is 0 Å². The summed E-state index contributed by atoms with van der Waals surface area (Å²) in [5.74, 6) is 0. The summed E-state index contributed by atoms with van der Waals surface area (Å²) in [5.41, 5.74) is 0. The predicted molar refractivity (Wildman–Crippen MR) is 76.1 cm³/mol. The number of halogens is 2. The van der Waals surface area contributed by atoms with Gasteiger partial charge in [0.25, 0.3) is 0 Å². The van der Waals surface area contributed by atoms with Crippen LogP contribution in [0.3, 0.4) is 0 Å². The summed E-state index contributed by atoms with van der Waals surface area (Å²) in [4.78, 5) is 0. The molecule has 1 heterocycles. The lowest BCUT2D eigenvalue weighted by atomic mass is 11.8. The Hall–Kier alpha value is 1.90. The largest absolute Gasteiger partial charge is 0.542 e. The summed E-state index contributed by atoms with van der Waals surface area (Å²) in [6, 6.07) is 0. The Kier molecular flexibility index (Phi) is 3.96. The molecule has 0 bridgehead atoms. The molecule has 0 aliphatic carbocycles. The minimum Gasteiger partial charge on any atom is -0.470 e. The van der Waals surface area contributed by atoms with E-state index in [0.29, 0.717) is 0 Å². The lowest BCUT2D eigenvalue weighted by Gasteiger charge is -2.69. The smallest absolute Gasteiger partial charge is 0.470 e. The summed E-state index contributed by atoms with van der Waals surface area (Å²) >= 11 is -2.53. The fourth-order valence-electron chi connectivity index (χ4n) is 1.55. The van der Waals surface area contributed by atoms with E-state index >= 15 is 0 Å². The molecule has 1 rings (SSSR count). The highest BCUT2D eigenvalue weighted by atomic mass is 35.7. The summed E-state index contributed by atoms with van der Waals surface area (Å²) in [6.45, 7) is 13.9. The van der Waals surface area contributed by atoms with Crippen LogP contribution in [0.4, 0.5) is 0 Å². The van der Waals surface area contributed by atoms with E-state index in [1.807, 2.05) is 0 Å². The monoisotopic (exact) mass is 303 g/mol. The molecule has 0 aromatic carbocycles. The van der Waals surface area contributed by atoms with Gasteiger partial charge in [0.05, 0.1) is 16.5 Å². The van der Waals surface area contributed by atoms with Crippen molar-refractivity contribution in [1.29, 1.82) is 0 Å². The van der Waals surface area contributed by atoms with Crippen molar-refractivity contribution in [2.24, 2.45) is 0 Å². The first-order chi connectivity index (χ1) is 5.97. The summed E-state index contributed by atoms with van der Waals surface area (Å²) in [7, 11) is 11.3. The van der Waals surface area contributed by atoms with Crippen LogP contribution in [0.25, 0.3) is 0 Å². The Balaban J connectivity index is 2.79. The molecule has 0 spiro atoms. The SMILES string of the molecule is C[Si](C)(C)[N]1P[N]([Si](C)(C)C)[Al-]1([Cl])[Cl]. The molecule has 1 saturated heterocycles. The zero-order valence-corrected chi connectivity index (χ0v) is 15.4. The second-order valence-electron chi connectivity index (χ2n) is 5.77. The Labute approximate surface area is 103 Å². The lowest BCUT2D eigenvalue weighted by Crippen LogP contribution is -2.74. The zero-order chi connectivity index (χ0) is 11.4. The van der Waals surface area contributed by atoms with Gasteiger partial charge >= 0.3 is 11.7 Å². The number of rotatable bonds is 2. The fraction of sp³-hybridized carbons (Fsp3) is 1.00. The molecule has 84 valence electrons. The molecule has 0 aromatic rings. The van der Waals surface area contributed by atoms with E-state index < -0.39 is 28.1 Å². The highest BCUT2D eigenvalue weighted by Gasteiger charge is 2.56. The van der Waals surface area contributed by atoms with E-state index in [9.17, 15) is 0 Å². The van der Waals surface area contributed by atoms with E-state index in [1.54, 1.807) is 0 Å². The zero-order valence-electron chi connectivity index (χ0n) is 9.73. The van der Waals surface area contributed by atoms with Crippen LogP contribution >= 0.6 is 29.0 Å². The maximum absolute atomic E-state index is 6.57. The Bertz CT molecular complexity index is 219. The molecule has 0 radical (unpaired) electrons. The molecule has 0 amide bonds. The van der Waals surface area contributed by atoms with Crippen LogP contribution in [0.1, 0.15) is 0 Å². The molecule has 8 heteroatoms. The third kappa shape index (κ3) is 2.59. The first kappa shape index (κ1) is 14.0. The van der Waals surface area contributed by atoms with Crippen LogP contribution in [-0.2, 0) is 0 Å². The molecule has 0 unspecified atom stereocenters. The van der Waals surface area contributed by atoms with Crippen LogP contribution in [-0.4, -0.2) is 34.8 Å². The molecular weight excluding hydrogens is 285 g/mol. The molecule has 2 nitrogen and oxygen atoms in total. The molecular formula is C6H19AlCl2N2PSi2-. The minimum atomic E-state index is -2.53. The molecule has 1 aliphatic heterocycles. The standard InChI is InChI=1S/C6H19N2PSi2.Al.2ClH/c1-10(2,3)7-9-8-11(4,5)6;;;/h9H,1-6H3;;2*1H/q-2;+3;;/p-2. The van der Waals surface area contributed by atoms with Gasteiger partial charge in [0.15, 0.2) is 0 Å². The van der Waals surface area contributed by atoms with Crippen molar-refractivity contribution in [2.45, 2.75) is 39.3 Å². The van der Waals surface area contributed by atoms with Gasteiger partial charge in [-0.2, -0.15) is 0 Å². The first-order valence-corrected chi connectivity index (χ1v) is 17.2. The van der Waals surface area contributed by atoms with Crippen LogP contribution in [0.2, 0.25) is 39.3 Å². The van der Waals surface area contributed by atoms with Crippen LogP contribution in [0.15, 0.2) is 0 Å². The van der Waals surface area contributed by atoms with Gasteiger partial charge in [-0.15, -0.1) is 0 Å². The average molecular weight is 304 g/mol. The lowest BCUT2D eigenvalue weighted by molar-refractivity contribution is 0.784. The van der Waals surface area contributed by atoms with Crippen molar-refractivity contribution >= 4 is 57.1 Å². The van der Waals surface area contributed by atoms with Crippen molar-refractivity contribution in [3.05, 3.63) is 0 Å². The fourth-order valence-corrected chi connectivity index (χ4v) is 29.1. The first-order valence-electron chi connectivity index (χ1n) is 4.85. The molecule has 0 saturated carbocycles. The Morgan fingerprint density at radius 2 is 1.14 bits per heavy atom. The van der Waals surface area contributed by atoms with E-state index in [-0.39, 0.29) is 0 Å². The second-order valence-corrected chi connectivity index (χ2v) is 26.1. The maximum Gasteiger partial charge on any atom is 0.542 e. The number of hydrogen-bond donors (Lipinski definition) is 0. The van der Waals surface area contributed by atoms with Gasteiger partial charge in [-0.1, -0.05) is 48.2 Å². The Morgan fingerprint density at radius 3 is 1.29 bits per heavy atom. The summed E-state index contributed by atoms with van der Waals surface area (Å²) in [6.07, 6.45) is 0. The highest BCUT2D eigenvalue weighted by Crippen LogP contribution is 2.56. The van der Waals surface area contributed by atoms with Crippen LogP contribution in [0, 0.1) is 0 Å². The van der Waals surface area contributed by atoms with Crippen molar-refractivity contribution in [3.63, 3.8) is 0 Å². The molecule has 0 atom stereocenters. The van der Waals surface area contributed by atoms with Crippen LogP contribution < -0.4 is 0 Å². The van der Waals surface area contributed by atoms with Gasteiger partial charge in [0, 0.05) is 0 Å². The van der Waals surface area contributed by atoms with Gasteiger partial charge in [-0.05, 0) is 0 Å². The molecule has 14 heavy (non-hydrogen) atoms. The predicted octanol–water partition coefficient (Wildman–Crippen LogP) is 3.70. The Morgan fingerprint density at radius 1 is 0.857 bits per heavy atom. The van der Waals surface area contributed by atoms with Gasteiger partial charge < -0.3 is 26.7 Å². The van der Waals surface area contributed by atoms with Crippen molar-refractivity contribution in [1.82, 2.24) is 6.64 Å². The minimum absolute atomic E-state index is 0.758.